The first kappa shape index (κ1) is 25.1. The molecule has 4 aromatic rings. The number of hydrogen-bond acceptors (Lipinski definition) is 4. The average Bonchev–Trinajstić information content (AvgIpc) is 3.27. The van der Waals surface area contributed by atoms with E-state index >= 15 is 0 Å². The van der Waals surface area contributed by atoms with Crippen LogP contribution in [0.5, 0.6) is 11.5 Å². The SMILES string of the molecule is CC[C@@H](O)CCOc1ccc([C@H]2c3[nH]c4ccc(Cl)cc4c3CCN2C(=O)Oc2ccc(F)cc2)cc1. The molecule has 1 aliphatic rings. The molecule has 2 N–H and O–H groups in total. The zero-order chi connectivity index (χ0) is 25.9. The summed E-state index contributed by atoms with van der Waals surface area (Å²) in [6.07, 6.45) is 0.978. The van der Waals surface area contributed by atoms with Gasteiger partial charge in [-0.2, -0.15) is 0 Å². The molecule has 0 spiro atoms. The smallest absolute Gasteiger partial charge is 0.416 e. The quantitative estimate of drug-likeness (QED) is 0.285. The number of aliphatic hydroxyl groups excluding tert-OH is 1. The molecule has 2 atom stereocenters. The van der Waals surface area contributed by atoms with Crippen LogP contribution >= 0.6 is 11.6 Å². The van der Waals surface area contributed by atoms with Gasteiger partial charge >= 0.3 is 6.09 Å². The van der Waals surface area contributed by atoms with Gasteiger partial charge in [0.2, 0.25) is 0 Å². The lowest BCUT2D eigenvalue weighted by Gasteiger charge is -2.35. The summed E-state index contributed by atoms with van der Waals surface area (Å²) < 4.78 is 24.7. The second-order valence-electron chi connectivity index (χ2n) is 9.14. The summed E-state index contributed by atoms with van der Waals surface area (Å²) in [5.41, 5.74) is 3.85. The number of nitrogens with one attached hydrogen (secondary N) is 1. The predicted molar refractivity (Wildman–Crippen MR) is 141 cm³/mol. The molecule has 37 heavy (non-hydrogen) atoms. The molecule has 6 nitrogen and oxygen atoms in total. The van der Waals surface area contributed by atoms with Gasteiger partial charge < -0.3 is 19.6 Å². The van der Waals surface area contributed by atoms with E-state index in [0.717, 1.165) is 27.7 Å². The molecule has 0 unspecified atom stereocenters. The number of aromatic amines is 1. The van der Waals surface area contributed by atoms with Crippen LogP contribution in [0.2, 0.25) is 5.02 Å². The van der Waals surface area contributed by atoms with Crippen LogP contribution in [0.1, 0.15) is 42.6 Å². The van der Waals surface area contributed by atoms with Gasteiger partial charge in [0.15, 0.2) is 0 Å². The van der Waals surface area contributed by atoms with Crippen molar-refractivity contribution >= 4 is 28.6 Å². The predicted octanol–water partition coefficient (Wildman–Crippen LogP) is 6.65. The number of aromatic nitrogens is 1. The van der Waals surface area contributed by atoms with Crippen LogP contribution in [-0.2, 0) is 6.42 Å². The Bertz CT molecular complexity index is 1390. The highest BCUT2D eigenvalue weighted by Gasteiger charge is 2.35. The Morgan fingerprint density at radius 2 is 1.86 bits per heavy atom. The Kier molecular flexibility index (Phi) is 7.35. The number of fused-ring (bicyclic) bond motifs is 3. The van der Waals surface area contributed by atoms with Crippen LogP contribution in [0.3, 0.4) is 0 Å². The molecule has 3 aromatic carbocycles. The zero-order valence-corrected chi connectivity index (χ0v) is 21.2. The van der Waals surface area contributed by atoms with E-state index in [1.807, 2.05) is 49.4 Å². The van der Waals surface area contributed by atoms with Crippen LogP contribution in [-0.4, -0.2) is 40.3 Å². The third kappa shape index (κ3) is 5.43. The lowest BCUT2D eigenvalue weighted by atomic mass is 9.92. The molecule has 8 heteroatoms. The van der Waals surface area contributed by atoms with Crippen molar-refractivity contribution in [3.8, 4) is 11.5 Å². The molecule has 192 valence electrons. The molecular formula is C29H28ClFN2O4. The highest BCUT2D eigenvalue weighted by Crippen LogP contribution is 2.40. The maximum atomic E-state index is 13.3. The zero-order valence-electron chi connectivity index (χ0n) is 20.4. The molecule has 0 radical (unpaired) electrons. The summed E-state index contributed by atoms with van der Waals surface area (Å²) in [5, 5.41) is 11.4. The topological polar surface area (TPSA) is 74.8 Å². The molecule has 1 aromatic heterocycles. The molecule has 0 aliphatic carbocycles. The van der Waals surface area contributed by atoms with E-state index in [9.17, 15) is 14.3 Å². The number of hydrogen-bond donors (Lipinski definition) is 2. The van der Waals surface area contributed by atoms with E-state index < -0.39 is 18.0 Å². The van der Waals surface area contributed by atoms with Crippen molar-refractivity contribution in [3.63, 3.8) is 0 Å². The molecule has 5 rings (SSSR count). The monoisotopic (exact) mass is 522 g/mol. The summed E-state index contributed by atoms with van der Waals surface area (Å²) in [6.45, 7) is 2.79. The van der Waals surface area contributed by atoms with Gasteiger partial charge in [0.1, 0.15) is 23.4 Å². The van der Waals surface area contributed by atoms with Crippen molar-refractivity contribution in [1.82, 2.24) is 9.88 Å². The number of benzene rings is 3. The third-order valence-corrected chi connectivity index (χ3v) is 6.96. The first-order valence-corrected chi connectivity index (χ1v) is 12.8. The lowest BCUT2D eigenvalue weighted by molar-refractivity contribution is 0.135. The molecule has 0 bridgehead atoms. The summed E-state index contributed by atoms with van der Waals surface area (Å²) in [7, 11) is 0. The Morgan fingerprint density at radius 1 is 1.14 bits per heavy atom. The third-order valence-electron chi connectivity index (χ3n) is 6.73. The van der Waals surface area contributed by atoms with Gasteiger partial charge in [-0.15, -0.1) is 0 Å². The molecule has 0 saturated heterocycles. The van der Waals surface area contributed by atoms with Crippen LogP contribution in [0.15, 0.2) is 66.7 Å². The fraction of sp³-hybridized carbons (Fsp3) is 0.276. The summed E-state index contributed by atoms with van der Waals surface area (Å²) in [5.74, 6) is 0.563. The number of H-pyrrole nitrogens is 1. The average molecular weight is 523 g/mol. The fourth-order valence-electron chi connectivity index (χ4n) is 4.73. The number of carbonyl (C=O) groups is 1. The number of amides is 1. The van der Waals surface area contributed by atoms with Gasteiger partial charge in [0.05, 0.1) is 12.7 Å². The first-order valence-electron chi connectivity index (χ1n) is 12.4. The molecule has 0 fully saturated rings. The minimum absolute atomic E-state index is 0.275. The number of nitrogens with zero attached hydrogens (tertiary/aromatic N) is 1. The number of halogens is 2. The van der Waals surface area contributed by atoms with Crippen LogP contribution in [0, 0.1) is 5.82 Å². The number of aliphatic hydroxyl groups is 1. The Morgan fingerprint density at radius 3 is 2.59 bits per heavy atom. The van der Waals surface area contributed by atoms with Gasteiger partial charge in [-0.05, 0) is 78.6 Å². The number of rotatable bonds is 7. The van der Waals surface area contributed by atoms with Crippen molar-refractivity contribution in [2.75, 3.05) is 13.2 Å². The van der Waals surface area contributed by atoms with Crippen molar-refractivity contribution in [1.29, 1.82) is 0 Å². The van der Waals surface area contributed by atoms with Gasteiger partial charge in [-0.1, -0.05) is 30.7 Å². The van der Waals surface area contributed by atoms with Gasteiger partial charge in [0.25, 0.3) is 0 Å². The van der Waals surface area contributed by atoms with E-state index in [1.54, 1.807) is 4.90 Å². The van der Waals surface area contributed by atoms with Crippen molar-refractivity contribution < 1.29 is 23.8 Å². The summed E-state index contributed by atoms with van der Waals surface area (Å²) in [4.78, 5) is 18.5. The molecule has 1 aliphatic heterocycles. The number of ether oxygens (including phenoxy) is 2. The molecular weight excluding hydrogens is 495 g/mol. The minimum atomic E-state index is -0.521. The van der Waals surface area contributed by atoms with Crippen molar-refractivity contribution in [2.24, 2.45) is 0 Å². The number of carbonyl (C=O) groups excluding carboxylic acids is 1. The minimum Gasteiger partial charge on any atom is -0.493 e. The van der Waals surface area contributed by atoms with E-state index in [-0.39, 0.29) is 11.9 Å². The normalized spacial score (nSPS) is 15.9. The van der Waals surface area contributed by atoms with Gasteiger partial charge in [-0.25, -0.2) is 9.18 Å². The standard InChI is InChI=1S/C29H28ClFN2O4/c1-2-21(34)14-16-36-22-8-3-18(4-9-22)28-27-24(25-17-19(30)5-12-26(25)32-27)13-15-33(28)29(35)37-23-10-6-20(31)7-11-23/h3-12,17,21,28,32,34H,2,13-16H2,1H3/t21-,28+/m1/s1. The first-order chi connectivity index (χ1) is 17.9. The van der Waals surface area contributed by atoms with Gasteiger partial charge in [-0.3, -0.25) is 4.90 Å². The Labute approximate surface area is 219 Å². The highest BCUT2D eigenvalue weighted by atomic mass is 35.5. The molecule has 2 heterocycles. The van der Waals surface area contributed by atoms with E-state index in [2.05, 4.69) is 4.98 Å². The Balaban J connectivity index is 1.46. The molecule has 0 saturated carbocycles. The van der Waals surface area contributed by atoms with Crippen LogP contribution in [0.4, 0.5) is 9.18 Å². The maximum Gasteiger partial charge on any atom is 0.416 e. The highest BCUT2D eigenvalue weighted by molar-refractivity contribution is 6.31. The summed E-state index contributed by atoms with van der Waals surface area (Å²) in [6, 6.07) is 18.3. The van der Waals surface area contributed by atoms with Crippen LogP contribution in [0.25, 0.3) is 10.9 Å². The lowest BCUT2D eigenvalue weighted by Crippen LogP contribution is -2.42. The van der Waals surface area contributed by atoms with Crippen molar-refractivity contribution in [3.05, 3.63) is 94.4 Å². The summed E-state index contributed by atoms with van der Waals surface area (Å²) >= 11 is 6.29. The second kappa shape index (κ2) is 10.8. The second-order valence-corrected chi connectivity index (χ2v) is 9.58. The van der Waals surface area contributed by atoms with E-state index in [1.165, 1.54) is 24.3 Å². The van der Waals surface area contributed by atoms with E-state index in [4.69, 9.17) is 21.1 Å². The molecule has 1 amide bonds. The Hall–Kier alpha value is -3.55. The van der Waals surface area contributed by atoms with Crippen LogP contribution < -0.4 is 9.47 Å². The van der Waals surface area contributed by atoms with E-state index in [0.29, 0.717) is 43.2 Å². The van der Waals surface area contributed by atoms with Gasteiger partial charge in [0, 0.05) is 34.6 Å². The maximum absolute atomic E-state index is 13.3. The fourth-order valence-corrected chi connectivity index (χ4v) is 4.90. The van der Waals surface area contributed by atoms with Crippen molar-refractivity contribution in [2.45, 2.75) is 38.3 Å². The largest absolute Gasteiger partial charge is 0.493 e.